The lowest BCUT2D eigenvalue weighted by Gasteiger charge is -2.25. The molecule has 3 N–H and O–H groups in total. The molecule has 0 radical (unpaired) electrons. The van der Waals surface area contributed by atoms with Crippen LogP contribution in [0.3, 0.4) is 0 Å². The van der Waals surface area contributed by atoms with Crippen LogP contribution in [0.4, 0.5) is 5.69 Å². The van der Waals surface area contributed by atoms with E-state index in [1.807, 2.05) is 0 Å². The molecule has 124 valence electrons. The van der Waals surface area contributed by atoms with Gasteiger partial charge in [0.15, 0.2) is 6.10 Å². The van der Waals surface area contributed by atoms with E-state index >= 15 is 0 Å². The number of hydrogen-bond donors (Lipinski definition) is 3. The van der Waals surface area contributed by atoms with Crippen LogP contribution in [0.5, 0.6) is 5.75 Å². The molecule has 0 aliphatic carbocycles. The number of carbonyl (C=O) groups is 3. The van der Waals surface area contributed by atoms with Gasteiger partial charge in [0.05, 0.1) is 20.8 Å². The minimum atomic E-state index is -0.951. The summed E-state index contributed by atoms with van der Waals surface area (Å²) < 4.78 is 6.33. The zero-order chi connectivity index (χ0) is 17.1. The first-order chi connectivity index (χ1) is 11.5. The number of amides is 3. The lowest BCUT2D eigenvalue weighted by atomic mass is 10.1. The van der Waals surface area contributed by atoms with Gasteiger partial charge in [-0.25, -0.2) is 0 Å². The van der Waals surface area contributed by atoms with Gasteiger partial charge in [-0.3, -0.25) is 25.2 Å². The predicted molar refractivity (Wildman–Crippen MR) is 91.7 cm³/mol. The first kappa shape index (κ1) is 16.5. The van der Waals surface area contributed by atoms with E-state index in [2.05, 4.69) is 32.1 Å². The van der Waals surface area contributed by atoms with Crippen LogP contribution in [0.1, 0.15) is 16.1 Å². The number of fused-ring (bicyclic) bond motifs is 1. The number of halogens is 1. The van der Waals surface area contributed by atoms with Gasteiger partial charge >= 0.3 is 0 Å². The zero-order valence-electron chi connectivity index (χ0n) is 12.2. The molecule has 0 bridgehead atoms. The molecule has 1 aliphatic heterocycles. The number of carbonyl (C=O) groups excluding carboxylic acids is 3. The Morgan fingerprint density at radius 3 is 2.75 bits per heavy atom. The number of hydrazine groups is 1. The van der Waals surface area contributed by atoms with Crippen LogP contribution in [0.25, 0.3) is 0 Å². The van der Waals surface area contributed by atoms with Crippen molar-refractivity contribution in [1.29, 1.82) is 0 Å². The highest BCUT2D eigenvalue weighted by Gasteiger charge is 2.29. The second kappa shape index (κ2) is 7.02. The molecule has 3 rings (SSSR count). The van der Waals surface area contributed by atoms with E-state index in [-0.39, 0.29) is 6.42 Å². The van der Waals surface area contributed by atoms with Crippen molar-refractivity contribution in [3.8, 4) is 5.75 Å². The van der Waals surface area contributed by atoms with E-state index < -0.39 is 23.8 Å². The van der Waals surface area contributed by atoms with Crippen LogP contribution < -0.4 is 20.9 Å². The summed E-state index contributed by atoms with van der Waals surface area (Å²) in [4.78, 5) is 36.1. The van der Waals surface area contributed by atoms with Crippen molar-refractivity contribution < 1.29 is 19.1 Å². The van der Waals surface area contributed by atoms with Crippen molar-refractivity contribution in [3.63, 3.8) is 0 Å². The summed E-state index contributed by atoms with van der Waals surface area (Å²) in [5, 5.41) is 2.67. The molecule has 3 amide bonds. The Morgan fingerprint density at radius 1 is 1.21 bits per heavy atom. The molecule has 1 aromatic heterocycles. The van der Waals surface area contributed by atoms with Crippen LogP contribution in [-0.2, 0) is 9.59 Å². The van der Waals surface area contributed by atoms with Gasteiger partial charge in [0.1, 0.15) is 5.75 Å². The minimum Gasteiger partial charge on any atom is -0.478 e. The minimum absolute atomic E-state index is 0.214. The van der Waals surface area contributed by atoms with Gasteiger partial charge in [0.25, 0.3) is 11.8 Å². The Hall–Kier alpha value is -2.39. The van der Waals surface area contributed by atoms with E-state index in [0.717, 1.165) is 3.79 Å². The normalized spacial score (nSPS) is 15.7. The van der Waals surface area contributed by atoms with Crippen LogP contribution in [0.2, 0.25) is 0 Å². The average molecular weight is 410 g/mol. The summed E-state index contributed by atoms with van der Waals surface area (Å²) in [6.07, 6.45) is -1.16. The number of anilines is 1. The van der Waals surface area contributed by atoms with Crippen LogP contribution in [-0.4, -0.2) is 23.8 Å². The molecule has 9 heteroatoms. The number of para-hydroxylation sites is 2. The molecule has 24 heavy (non-hydrogen) atoms. The number of nitrogens with one attached hydrogen (secondary N) is 3. The number of benzene rings is 1. The summed E-state index contributed by atoms with van der Waals surface area (Å²) in [6, 6.07) is 10.3. The second-order valence-electron chi connectivity index (χ2n) is 4.90. The third kappa shape index (κ3) is 3.74. The maximum absolute atomic E-state index is 11.9. The number of rotatable bonds is 3. The van der Waals surface area contributed by atoms with Gasteiger partial charge in [-0.2, -0.15) is 0 Å². The lowest BCUT2D eigenvalue weighted by molar-refractivity contribution is -0.130. The monoisotopic (exact) mass is 409 g/mol. The van der Waals surface area contributed by atoms with E-state index in [0.29, 0.717) is 16.3 Å². The van der Waals surface area contributed by atoms with Crippen molar-refractivity contribution in [2.24, 2.45) is 0 Å². The molecule has 0 saturated heterocycles. The molecule has 0 saturated carbocycles. The van der Waals surface area contributed by atoms with Crippen LogP contribution in [0.15, 0.2) is 40.2 Å². The summed E-state index contributed by atoms with van der Waals surface area (Å²) in [5.74, 6) is -0.864. The first-order valence-corrected chi connectivity index (χ1v) is 8.55. The maximum atomic E-state index is 11.9. The fourth-order valence-corrected chi connectivity index (χ4v) is 3.35. The second-order valence-corrected chi connectivity index (χ2v) is 7.37. The lowest BCUT2D eigenvalue weighted by Crippen LogP contribution is -2.46. The summed E-state index contributed by atoms with van der Waals surface area (Å²) in [6.45, 7) is 0. The largest absolute Gasteiger partial charge is 0.478 e. The first-order valence-electron chi connectivity index (χ1n) is 6.94. The van der Waals surface area contributed by atoms with E-state index in [1.54, 1.807) is 36.4 Å². The zero-order valence-corrected chi connectivity index (χ0v) is 14.6. The Labute approximate surface area is 149 Å². The quantitative estimate of drug-likeness (QED) is 0.675. The fourth-order valence-electron chi connectivity index (χ4n) is 2.07. The SMILES string of the molecule is O=C(C[C@H]1Oc2ccccc2NC1=O)NNC(=O)c1ccc(Br)s1. The smallest absolute Gasteiger partial charge is 0.279 e. The van der Waals surface area contributed by atoms with Crippen molar-refractivity contribution >= 4 is 50.7 Å². The Balaban J connectivity index is 1.54. The molecular formula is C15H12BrN3O4S. The number of ether oxygens (including phenoxy) is 1. The van der Waals surface area contributed by atoms with E-state index in [4.69, 9.17) is 4.74 Å². The molecular weight excluding hydrogens is 398 g/mol. The molecule has 0 spiro atoms. The molecule has 2 heterocycles. The van der Waals surface area contributed by atoms with Crippen LogP contribution in [0, 0.1) is 0 Å². The molecule has 7 nitrogen and oxygen atoms in total. The molecule has 1 aliphatic rings. The summed E-state index contributed by atoms with van der Waals surface area (Å²) in [7, 11) is 0. The molecule has 0 fully saturated rings. The standard InChI is InChI=1S/C15H12BrN3O4S/c16-12-6-5-11(24-12)15(22)19-18-13(20)7-10-14(21)17-8-3-1-2-4-9(8)23-10/h1-6,10H,7H2,(H,17,21)(H,18,20)(H,19,22)/t10-/m1/s1. The molecule has 1 atom stereocenters. The third-order valence-corrected chi connectivity index (χ3v) is 4.81. The van der Waals surface area contributed by atoms with E-state index in [1.165, 1.54) is 11.3 Å². The number of hydrogen-bond acceptors (Lipinski definition) is 5. The van der Waals surface area contributed by atoms with Crippen LogP contribution >= 0.6 is 27.3 Å². The van der Waals surface area contributed by atoms with Gasteiger partial charge in [0, 0.05) is 0 Å². The molecule has 0 unspecified atom stereocenters. The van der Waals surface area contributed by atoms with Crippen molar-refractivity contribution in [2.75, 3.05) is 5.32 Å². The maximum Gasteiger partial charge on any atom is 0.279 e. The highest BCUT2D eigenvalue weighted by Crippen LogP contribution is 2.29. The Morgan fingerprint density at radius 2 is 2.00 bits per heavy atom. The van der Waals surface area contributed by atoms with Crippen molar-refractivity contribution in [2.45, 2.75) is 12.5 Å². The fraction of sp³-hybridized carbons (Fsp3) is 0.133. The topological polar surface area (TPSA) is 96.5 Å². The highest BCUT2D eigenvalue weighted by atomic mass is 79.9. The molecule has 1 aromatic carbocycles. The van der Waals surface area contributed by atoms with Gasteiger partial charge in [-0.1, -0.05) is 12.1 Å². The van der Waals surface area contributed by atoms with E-state index in [9.17, 15) is 14.4 Å². The predicted octanol–water partition coefficient (Wildman–Crippen LogP) is 2.06. The third-order valence-electron chi connectivity index (χ3n) is 3.19. The average Bonchev–Trinajstić information content (AvgIpc) is 3.00. The Bertz CT molecular complexity index is 808. The number of thiophene rings is 1. The van der Waals surface area contributed by atoms with Gasteiger partial charge in [-0.05, 0) is 40.2 Å². The molecule has 2 aromatic rings. The van der Waals surface area contributed by atoms with Crippen molar-refractivity contribution in [3.05, 3.63) is 45.1 Å². The summed E-state index contributed by atoms with van der Waals surface area (Å²) >= 11 is 4.50. The van der Waals surface area contributed by atoms with Gasteiger partial charge in [-0.15, -0.1) is 11.3 Å². The van der Waals surface area contributed by atoms with Gasteiger partial charge < -0.3 is 10.1 Å². The summed E-state index contributed by atoms with van der Waals surface area (Å²) in [5.41, 5.74) is 5.14. The van der Waals surface area contributed by atoms with Gasteiger partial charge in [0.2, 0.25) is 5.91 Å². The Kier molecular flexibility index (Phi) is 4.81. The highest BCUT2D eigenvalue weighted by molar-refractivity contribution is 9.11. The van der Waals surface area contributed by atoms with Crippen molar-refractivity contribution in [1.82, 2.24) is 10.9 Å².